The van der Waals surface area contributed by atoms with Gasteiger partial charge in [-0.3, -0.25) is 0 Å². The van der Waals surface area contributed by atoms with E-state index in [1.54, 1.807) is 0 Å². The fourth-order valence-corrected chi connectivity index (χ4v) is 7.48. The average molecular weight is 333 g/mol. The number of nitrogens with zero attached hydrogens (tertiary/aromatic N) is 2. The zero-order valence-electron chi connectivity index (χ0n) is 10.3. The number of unbranched alkanes of at least 4 members (excludes halogenated alkanes) is 1. The van der Waals surface area contributed by atoms with Gasteiger partial charge in [-0.2, -0.15) is 0 Å². The summed E-state index contributed by atoms with van der Waals surface area (Å²) in [5.74, 6) is 0. The predicted octanol–water partition coefficient (Wildman–Crippen LogP) is 2.16. The second kappa shape index (κ2) is 6.74. The summed E-state index contributed by atoms with van der Waals surface area (Å²) in [5.41, 5.74) is 2.15. The summed E-state index contributed by atoms with van der Waals surface area (Å²) in [6.45, 7) is 2.26. The van der Waals surface area contributed by atoms with Gasteiger partial charge in [0.05, 0.1) is 0 Å². The van der Waals surface area contributed by atoms with E-state index < -0.39 is 21.1 Å². The minimum absolute atomic E-state index is 0.857. The number of rotatable bonds is 5. The van der Waals surface area contributed by atoms with Crippen molar-refractivity contribution in [1.82, 2.24) is 9.97 Å². The second-order valence-corrected chi connectivity index (χ2v) is 9.80. The fraction of sp³-hybridized carbons (Fsp3) is 0.286. The van der Waals surface area contributed by atoms with Crippen molar-refractivity contribution in [2.45, 2.75) is 24.2 Å². The molecule has 2 aromatic rings. The molecule has 0 saturated carbocycles. The van der Waals surface area contributed by atoms with Crippen molar-refractivity contribution >= 4 is 24.7 Å². The molecule has 88 valence electrons. The molecule has 17 heavy (non-hydrogen) atoms. The third kappa shape index (κ3) is 3.53. The van der Waals surface area contributed by atoms with Gasteiger partial charge in [-0.05, 0) is 0 Å². The van der Waals surface area contributed by atoms with Crippen molar-refractivity contribution in [3.8, 4) is 11.4 Å². The summed E-state index contributed by atoms with van der Waals surface area (Å²) in [4.78, 5) is 8.93. The van der Waals surface area contributed by atoms with Gasteiger partial charge in [-0.15, -0.1) is 0 Å². The van der Waals surface area contributed by atoms with Crippen LogP contribution < -0.4 is 3.58 Å². The Morgan fingerprint density at radius 3 is 2.71 bits per heavy atom. The average Bonchev–Trinajstić information content (AvgIpc) is 2.41. The topological polar surface area (TPSA) is 25.8 Å². The van der Waals surface area contributed by atoms with Crippen LogP contribution in [0, 0.1) is 0 Å². The molecule has 0 unspecified atom stereocenters. The number of pyridine rings is 2. The zero-order chi connectivity index (χ0) is 11.9. The first-order chi connectivity index (χ1) is 8.42. The Balaban J connectivity index is 2.22. The molecule has 0 atom stereocenters. The molecular weight excluding hydrogens is 315 g/mol. The normalized spacial score (nSPS) is 11.1. The van der Waals surface area contributed by atoms with Gasteiger partial charge in [0, 0.05) is 0 Å². The second-order valence-electron chi connectivity index (χ2n) is 4.18. The first-order valence-corrected chi connectivity index (χ1v) is 11.1. The molecule has 3 heteroatoms. The van der Waals surface area contributed by atoms with Gasteiger partial charge in [0.1, 0.15) is 0 Å². The van der Waals surface area contributed by atoms with Crippen LogP contribution in [0.4, 0.5) is 0 Å². The molecule has 0 aliphatic carbocycles. The molecule has 2 rings (SSSR count). The third-order valence-electron chi connectivity index (χ3n) is 2.85. The molecule has 0 aliphatic heterocycles. The first-order valence-electron chi connectivity index (χ1n) is 6.27. The fourth-order valence-electron chi connectivity index (χ4n) is 1.94. The molecule has 0 aliphatic rings. The molecule has 0 saturated heterocycles. The van der Waals surface area contributed by atoms with Crippen molar-refractivity contribution in [3.05, 3.63) is 42.7 Å². The standard InChI is InChI=1S/C10H7N2.C4H9.Sn.2H/c1-3-7-11-9(5-1)10-6-2-4-8-12-10;1-3-4-2;;;/h1-5,7-8H;1,3-4H2,2H3;;;. The number of hydrogen-bond acceptors (Lipinski definition) is 2. The van der Waals surface area contributed by atoms with Crippen LogP contribution in [0.25, 0.3) is 11.4 Å². The van der Waals surface area contributed by atoms with Crippen molar-refractivity contribution in [2.75, 3.05) is 0 Å². The molecule has 0 aromatic carbocycles. The van der Waals surface area contributed by atoms with E-state index in [0.717, 1.165) is 11.4 Å². The monoisotopic (exact) mass is 334 g/mol. The van der Waals surface area contributed by atoms with Crippen LogP contribution in [-0.2, 0) is 0 Å². The van der Waals surface area contributed by atoms with E-state index in [1.165, 1.54) is 20.9 Å². The van der Waals surface area contributed by atoms with Gasteiger partial charge in [0.25, 0.3) is 0 Å². The molecule has 0 amide bonds. The van der Waals surface area contributed by atoms with Crippen molar-refractivity contribution in [2.24, 2.45) is 0 Å². The quantitative estimate of drug-likeness (QED) is 0.619. The van der Waals surface area contributed by atoms with E-state index in [2.05, 4.69) is 35.1 Å². The Morgan fingerprint density at radius 2 is 1.94 bits per heavy atom. The van der Waals surface area contributed by atoms with Crippen LogP contribution in [0.15, 0.2) is 42.7 Å². The Kier molecular flexibility index (Phi) is 4.98. The molecular formula is C14H18N2Sn. The summed E-state index contributed by atoms with van der Waals surface area (Å²) in [7, 11) is 0. The van der Waals surface area contributed by atoms with Gasteiger partial charge < -0.3 is 0 Å². The van der Waals surface area contributed by atoms with Crippen molar-refractivity contribution < 1.29 is 0 Å². The Morgan fingerprint density at radius 1 is 1.06 bits per heavy atom. The molecule has 2 nitrogen and oxygen atoms in total. The number of hydrogen-bond donors (Lipinski definition) is 0. The molecule has 0 bridgehead atoms. The summed E-state index contributed by atoms with van der Waals surface area (Å²) < 4.78 is 2.95. The minimum atomic E-state index is -0.857. The Labute approximate surface area is 113 Å². The molecule has 2 aromatic heterocycles. The maximum atomic E-state index is 4.52. The molecule has 0 fully saturated rings. The van der Waals surface area contributed by atoms with Gasteiger partial charge in [-0.25, -0.2) is 0 Å². The van der Waals surface area contributed by atoms with E-state index in [9.17, 15) is 0 Å². The molecule has 0 radical (unpaired) electrons. The van der Waals surface area contributed by atoms with E-state index in [1.807, 2.05) is 24.5 Å². The van der Waals surface area contributed by atoms with E-state index in [0.29, 0.717) is 0 Å². The van der Waals surface area contributed by atoms with Crippen LogP contribution in [-0.4, -0.2) is 31.1 Å². The first kappa shape index (κ1) is 12.6. The summed E-state index contributed by atoms with van der Waals surface area (Å²) in [5, 5.41) is 0. The SMILES string of the molecule is CCC[CH2][SnH2][c]1cccnc1-c1ccccn1. The number of aromatic nitrogens is 2. The zero-order valence-corrected chi connectivity index (χ0v) is 14.3. The van der Waals surface area contributed by atoms with E-state index in [-0.39, 0.29) is 0 Å². The van der Waals surface area contributed by atoms with Crippen LogP contribution in [0.2, 0.25) is 4.44 Å². The van der Waals surface area contributed by atoms with Crippen LogP contribution in [0.5, 0.6) is 0 Å². The summed E-state index contributed by atoms with van der Waals surface area (Å²) in [6.07, 6.45) is 6.39. The third-order valence-corrected chi connectivity index (χ3v) is 8.45. The van der Waals surface area contributed by atoms with Crippen LogP contribution >= 0.6 is 0 Å². The Bertz CT molecular complexity index is 457. The van der Waals surface area contributed by atoms with Gasteiger partial charge in [0.2, 0.25) is 0 Å². The van der Waals surface area contributed by atoms with Crippen molar-refractivity contribution in [3.63, 3.8) is 0 Å². The van der Waals surface area contributed by atoms with Gasteiger partial charge >= 0.3 is 113 Å². The van der Waals surface area contributed by atoms with E-state index in [4.69, 9.17) is 0 Å². The molecule has 2 heterocycles. The van der Waals surface area contributed by atoms with Crippen LogP contribution in [0.1, 0.15) is 19.8 Å². The molecule has 0 N–H and O–H groups in total. The van der Waals surface area contributed by atoms with E-state index >= 15 is 0 Å². The molecule has 0 spiro atoms. The van der Waals surface area contributed by atoms with Crippen LogP contribution in [0.3, 0.4) is 0 Å². The summed E-state index contributed by atoms with van der Waals surface area (Å²) >= 11 is -0.857. The van der Waals surface area contributed by atoms with Crippen molar-refractivity contribution in [1.29, 1.82) is 0 Å². The van der Waals surface area contributed by atoms with Gasteiger partial charge in [0.15, 0.2) is 0 Å². The summed E-state index contributed by atoms with van der Waals surface area (Å²) in [6, 6.07) is 10.3. The maximum absolute atomic E-state index is 4.52. The van der Waals surface area contributed by atoms with Gasteiger partial charge in [-0.1, -0.05) is 0 Å². The Hall–Kier alpha value is -0.901. The predicted molar refractivity (Wildman–Crippen MR) is 75.4 cm³/mol.